The van der Waals surface area contributed by atoms with E-state index in [-0.39, 0.29) is 31.1 Å². The third-order valence-electron chi connectivity index (χ3n) is 1.96. The van der Waals surface area contributed by atoms with Crippen molar-refractivity contribution in [2.75, 3.05) is 0 Å². The molecule has 106 valence electrons. The van der Waals surface area contributed by atoms with Crippen molar-refractivity contribution in [2.24, 2.45) is 0 Å². The van der Waals surface area contributed by atoms with E-state index in [2.05, 4.69) is 20.8 Å². The predicted molar refractivity (Wildman–Crippen MR) is 71.6 cm³/mol. The summed E-state index contributed by atoms with van der Waals surface area (Å²) >= 11 is 0. The van der Waals surface area contributed by atoms with Gasteiger partial charge in [-0.3, -0.25) is 0 Å². The van der Waals surface area contributed by atoms with E-state index in [0.717, 1.165) is 12.8 Å². The summed E-state index contributed by atoms with van der Waals surface area (Å²) in [7, 11) is -3.47. The smallest absolute Gasteiger partial charge is 0.519 e. The second-order valence-corrected chi connectivity index (χ2v) is 6.38. The minimum absolute atomic E-state index is 0. The Morgan fingerprint density at radius 1 is 1.22 bits per heavy atom. The van der Waals surface area contributed by atoms with Gasteiger partial charge in [-0.1, -0.05) is 26.7 Å². The van der Waals surface area contributed by atoms with E-state index in [0.29, 0.717) is 12.8 Å². The van der Waals surface area contributed by atoms with Crippen LogP contribution < -0.4 is 4.72 Å². The molecule has 0 aliphatic rings. The maximum absolute atomic E-state index is 11.3. The number of carbonyl (C=O) groups excluding carboxylic acids is 1. The molecule has 1 amide bonds. The molecule has 0 rings (SSSR count). The van der Waals surface area contributed by atoms with Gasteiger partial charge >= 0.3 is 31.1 Å². The van der Waals surface area contributed by atoms with Gasteiger partial charge in [-0.05, 0) is 12.8 Å². The molecule has 0 bridgehead atoms. The maximum Gasteiger partial charge on any atom is 2.00 e. The van der Waals surface area contributed by atoms with E-state index in [1.807, 2.05) is 6.92 Å². The zero-order valence-corrected chi connectivity index (χ0v) is 17.0. The van der Waals surface area contributed by atoms with Crippen molar-refractivity contribution in [2.45, 2.75) is 65.6 Å². The molecule has 0 saturated carbocycles. The van der Waals surface area contributed by atoms with Crippen LogP contribution in [0.15, 0.2) is 0 Å². The van der Waals surface area contributed by atoms with E-state index >= 15 is 0 Å². The largest absolute Gasteiger partial charge is 2.00 e. The van der Waals surface area contributed by atoms with Crippen LogP contribution >= 0.6 is 0 Å². The second kappa shape index (κ2) is 13.9. The third-order valence-corrected chi connectivity index (χ3v) is 3.77. The van der Waals surface area contributed by atoms with Crippen LogP contribution in [0.25, 0.3) is 0 Å². The fourth-order valence-corrected chi connectivity index (χ4v) is 2.35. The van der Waals surface area contributed by atoms with E-state index < -0.39 is 15.3 Å². The van der Waals surface area contributed by atoms with Gasteiger partial charge in [-0.15, -0.1) is 0 Å². The molecule has 0 heterocycles. The van der Waals surface area contributed by atoms with Crippen LogP contribution in [0.2, 0.25) is 0 Å². The molecule has 4 nitrogen and oxygen atoms in total. The predicted octanol–water partition coefficient (Wildman–Crippen LogP) is 2.56. The third kappa shape index (κ3) is 14.5. The van der Waals surface area contributed by atoms with Gasteiger partial charge in [-0.2, -0.15) is 27.2 Å². The van der Waals surface area contributed by atoms with E-state index in [1.54, 1.807) is 11.6 Å². The topological polar surface area (TPSA) is 63.2 Å². The van der Waals surface area contributed by atoms with E-state index in [4.69, 9.17) is 0 Å². The molecule has 1 atom stereocenters. The molecule has 0 aliphatic carbocycles. The van der Waals surface area contributed by atoms with Gasteiger partial charge < -0.3 is 15.4 Å². The SMILES string of the molecule is CCCCC(CC)S(=O)(=O)N[C-]=O.C[C-](C)C.[U+2]. The first-order chi connectivity index (χ1) is 7.81. The molecule has 0 aromatic rings. The van der Waals surface area contributed by atoms with Crippen LogP contribution in [0.4, 0.5) is 0 Å². The normalized spacial score (nSPS) is 11.9. The van der Waals surface area contributed by atoms with Gasteiger partial charge in [0.25, 0.3) is 0 Å². The van der Waals surface area contributed by atoms with Crippen LogP contribution in [0.1, 0.15) is 60.3 Å². The minimum Gasteiger partial charge on any atom is -0.519 e. The second-order valence-electron chi connectivity index (χ2n) is 4.42. The Labute approximate surface area is 136 Å². The van der Waals surface area contributed by atoms with Crippen molar-refractivity contribution >= 4 is 16.4 Å². The fraction of sp³-hybridized carbons (Fsp3) is 0.833. The van der Waals surface area contributed by atoms with Crippen molar-refractivity contribution in [1.82, 2.24) is 4.72 Å². The van der Waals surface area contributed by atoms with Gasteiger partial charge in [0.2, 0.25) is 10.0 Å². The van der Waals surface area contributed by atoms with Gasteiger partial charge in [-0.25, -0.2) is 8.42 Å². The molecule has 18 heavy (non-hydrogen) atoms. The van der Waals surface area contributed by atoms with Gasteiger partial charge in [0.15, 0.2) is 0 Å². The monoisotopic (exact) mass is 501 g/mol. The first kappa shape index (κ1) is 23.6. The molecule has 0 aromatic carbocycles. The molecule has 6 heteroatoms. The van der Waals surface area contributed by atoms with Crippen LogP contribution in [0, 0.1) is 37.0 Å². The molecule has 0 radical (unpaired) electrons. The zero-order chi connectivity index (χ0) is 13.9. The average molecular weight is 501 g/mol. The molecule has 1 unspecified atom stereocenters. The summed E-state index contributed by atoms with van der Waals surface area (Å²) in [5, 5.41) is -0.464. The van der Waals surface area contributed by atoms with Crippen LogP contribution in [0.3, 0.4) is 0 Å². The Balaban J connectivity index is -0.000000392. The van der Waals surface area contributed by atoms with Crippen molar-refractivity contribution in [1.29, 1.82) is 0 Å². The standard InChI is InChI=1S/C8H16NO3S.C4H9.U/c1-3-5-6-8(4-2)13(11,12)9-7-10;1-4(2)3;/h8H,3-6H2,1-2H3,(H,9,10);1-3H3;/q2*-1;+2. The van der Waals surface area contributed by atoms with E-state index in [1.165, 1.54) is 12.3 Å². The molecule has 0 aliphatic heterocycles. The Morgan fingerprint density at radius 2 is 1.67 bits per heavy atom. The van der Waals surface area contributed by atoms with Crippen molar-refractivity contribution in [3.05, 3.63) is 5.92 Å². The summed E-state index contributed by atoms with van der Waals surface area (Å²) in [6.45, 7) is 10.0. The molecule has 0 spiro atoms. The summed E-state index contributed by atoms with van der Waals surface area (Å²) < 4.78 is 24.3. The number of rotatable bonds is 7. The molecule has 0 fully saturated rings. The summed E-state index contributed by atoms with van der Waals surface area (Å²) in [5.41, 5.74) is 0. The first-order valence-electron chi connectivity index (χ1n) is 5.96. The van der Waals surface area contributed by atoms with Crippen molar-refractivity contribution in [3.63, 3.8) is 0 Å². The fourth-order valence-electron chi connectivity index (χ4n) is 1.15. The molecular weight excluding hydrogens is 476 g/mol. The first-order valence-corrected chi connectivity index (χ1v) is 7.50. The van der Waals surface area contributed by atoms with Crippen LogP contribution in [0.5, 0.6) is 0 Å². The van der Waals surface area contributed by atoms with Gasteiger partial charge in [0, 0.05) is 0 Å². The van der Waals surface area contributed by atoms with Gasteiger partial charge in [0.1, 0.15) is 0 Å². The summed E-state index contributed by atoms with van der Waals surface area (Å²) in [5.74, 6) is 1.42. The summed E-state index contributed by atoms with van der Waals surface area (Å²) in [6.07, 6.45) is 4.15. The number of sulfonamides is 1. The number of hydrogen-bond acceptors (Lipinski definition) is 3. The molecule has 0 aromatic heterocycles. The zero-order valence-electron chi connectivity index (χ0n) is 12.0. The Hall–Kier alpha value is 0.472. The van der Waals surface area contributed by atoms with Crippen LogP contribution in [-0.4, -0.2) is 20.1 Å². The quantitative estimate of drug-likeness (QED) is 0.431. The average Bonchev–Trinajstić information content (AvgIpc) is 2.17. The maximum atomic E-state index is 11.3. The van der Waals surface area contributed by atoms with E-state index in [9.17, 15) is 13.2 Å². The van der Waals surface area contributed by atoms with Crippen molar-refractivity contribution < 1.29 is 44.3 Å². The minimum atomic E-state index is -3.47. The number of amides is 1. The molecule has 0 saturated heterocycles. The Bertz CT molecular complexity index is 276. The van der Waals surface area contributed by atoms with Crippen molar-refractivity contribution in [3.8, 4) is 0 Å². The Kier molecular flexibility index (Phi) is 18.2. The Morgan fingerprint density at radius 3 is 1.94 bits per heavy atom. The number of hydrogen-bond donors (Lipinski definition) is 1. The molecule has 1 N–H and O–H groups in total. The van der Waals surface area contributed by atoms with Gasteiger partial charge in [0.05, 0.1) is 5.25 Å². The summed E-state index contributed by atoms with van der Waals surface area (Å²) in [4.78, 5) is 9.90. The number of unbranched alkanes of at least 4 members (excludes halogenated alkanes) is 1. The summed E-state index contributed by atoms with van der Waals surface area (Å²) in [6, 6.07) is 0. The number of nitrogens with one attached hydrogen (secondary N) is 1. The van der Waals surface area contributed by atoms with Crippen LogP contribution in [-0.2, 0) is 14.8 Å². The molecular formula is C12H25NO3SU.